The molecule has 0 spiro atoms. The highest BCUT2D eigenvalue weighted by atomic mass is 35.5. The number of carbonyl (C=O) groups is 1. The Kier molecular flexibility index (Phi) is 4.99. The van der Waals surface area contributed by atoms with Crippen molar-refractivity contribution in [1.82, 2.24) is 30.3 Å². The van der Waals surface area contributed by atoms with Crippen LogP contribution >= 0.6 is 11.6 Å². The summed E-state index contributed by atoms with van der Waals surface area (Å²) >= 11 is 6.07. The van der Waals surface area contributed by atoms with Crippen LogP contribution in [0.3, 0.4) is 0 Å². The van der Waals surface area contributed by atoms with Gasteiger partial charge in [0.15, 0.2) is 11.6 Å². The Morgan fingerprint density at radius 3 is 2.76 bits per heavy atom. The average Bonchev–Trinajstić information content (AvgIpc) is 3.11. The lowest BCUT2D eigenvalue weighted by Gasteiger charge is -2.12. The summed E-state index contributed by atoms with van der Waals surface area (Å²) in [6, 6.07) is 6.68. The quantitative estimate of drug-likeness (QED) is 0.755. The van der Waals surface area contributed by atoms with Crippen LogP contribution < -0.4 is 5.32 Å². The molecule has 0 saturated carbocycles. The average molecular weight is 361 g/mol. The van der Waals surface area contributed by atoms with Gasteiger partial charge in [-0.15, -0.1) is 5.10 Å². The van der Waals surface area contributed by atoms with E-state index >= 15 is 0 Å². The Labute approximate surface area is 147 Å². The molecule has 0 fully saturated rings. The highest BCUT2D eigenvalue weighted by Crippen LogP contribution is 2.16. The minimum atomic E-state index is -0.593. The molecule has 25 heavy (non-hydrogen) atoms. The SMILES string of the molecule is CC(C(=O)NCc1ccccc1Cl)n1cc(-c2ncc(F)cn2)nn1. The molecule has 1 amide bonds. The maximum absolute atomic E-state index is 12.9. The van der Waals surface area contributed by atoms with Crippen LogP contribution in [0, 0.1) is 5.82 Å². The normalized spacial score (nSPS) is 12.0. The van der Waals surface area contributed by atoms with Gasteiger partial charge >= 0.3 is 0 Å². The van der Waals surface area contributed by atoms with Crippen LogP contribution in [0.4, 0.5) is 4.39 Å². The highest BCUT2D eigenvalue weighted by Gasteiger charge is 2.18. The number of rotatable bonds is 5. The van der Waals surface area contributed by atoms with Crippen molar-refractivity contribution in [2.24, 2.45) is 0 Å². The Morgan fingerprint density at radius 1 is 1.32 bits per heavy atom. The molecule has 3 rings (SSSR count). The predicted molar refractivity (Wildman–Crippen MR) is 89.0 cm³/mol. The number of benzene rings is 1. The third kappa shape index (κ3) is 3.97. The molecule has 1 atom stereocenters. The van der Waals surface area contributed by atoms with Gasteiger partial charge in [-0.25, -0.2) is 19.0 Å². The zero-order valence-corrected chi connectivity index (χ0v) is 14.0. The molecule has 3 aromatic rings. The van der Waals surface area contributed by atoms with E-state index in [1.807, 2.05) is 18.2 Å². The van der Waals surface area contributed by atoms with Gasteiger partial charge in [-0.2, -0.15) is 0 Å². The molecule has 0 saturated heterocycles. The van der Waals surface area contributed by atoms with Gasteiger partial charge in [-0.05, 0) is 18.6 Å². The van der Waals surface area contributed by atoms with Crippen LogP contribution in [-0.2, 0) is 11.3 Å². The molecule has 1 unspecified atom stereocenters. The van der Waals surface area contributed by atoms with E-state index in [0.29, 0.717) is 17.3 Å². The summed E-state index contributed by atoms with van der Waals surface area (Å²) in [6.45, 7) is 2.00. The van der Waals surface area contributed by atoms with Crippen molar-refractivity contribution in [3.63, 3.8) is 0 Å². The van der Waals surface area contributed by atoms with Crippen molar-refractivity contribution in [3.8, 4) is 11.5 Å². The second-order valence-corrected chi connectivity index (χ2v) is 5.70. The van der Waals surface area contributed by atoms with Gasteiger partial charge in [0.2, 0.25) is 5.91 Å². The number of amides is 1. The van der Waals surface area contributed by atoms with Crippen molar-refractivity contribution < 1.29 is 9.18 Å². The zero-order valence-electron chi connectivity index (χ0n) is 13.2. The summed E-state index contributed by atoms with van der Waals surface area (Å²) in [5.41, 5.74) is 1.18. The molecule has 0 aliphatic heterocycles. The van der Waals surface area contributed by atoms with E-state index in [1.54, 1.807) is 13.0 Å². The first-order chi connectivity index (χ1) is 12.0. The molecular formula is C16H14ClFN6O. The van der Waals surface area contributed by atoms with Crippen molar-refractivity contribution in [3.05, 3.63) is 59.3 Å². The van der Waals surface area contributed by atoms with Gasteiger partial charge in [0.25, 0.3) is 0 Å². The van der Waals surface area contributed by atoms with Crippen LogP contribution in [-0.4, -0.2) is 30.9 Å². The lowest BCUT2D eigenvalue weighted by atomic mass is 10.2. The Bertz CT molecular complexity index is 882. The van der Waals surface area contributed by atoms with E-state index < -0.39 is 11.9 Å². The van der Waals surface area contributed by atoms with Gasteiger partial charge in [0, 0.05) is 11.6 Å². The van der Waals surface area contributed by atoms with Gasteiger partial charge in [-0.3, -0.25) is 4.79 Å². The minimum Gasteiger partial charge on any atom is -0.350 e. The second kappa shape index (κ2) is 7.35. The molecule has 128 valence electrons. The summed E-state index contributed by atoms with van der Waals surface area (Å²) in [5.74, 6) is -0.545. The number of hydrogen-bond donors (Lipinski definition) is 1. The van der Waals surface area contributed by atoms with Crippen molar-refractivity contribution in [2.75, 3.05) is 0 Å². The predicted octanol–water partition coefficient (Wildman–Crippen LogP) is 2.41. The molecule has 1 N–H and O–H groups in total. The lowest BCUT2D eigenvalue weighted by Crippen LogP contribution is -2.31. The third-order valence-corrected chi connectivity index (χ3v) is 3.92. The number of aromatic nitrogens is 5. The monoisotopic (exact) mass is 360 g/mol. The first-order valence-electron chi connectivity index (χ1n) is 7.45. The molecule has 0 aliphatic carbocycles. The van der Waals surface area contributed by atoms with Gasteiger partial charge < -0.3 is 5.32 Å². The first kappa shape index (κ1) is 17.0. The van der Waals surface area contributed by atoms with Crippen LogP contribution in [0.1, 0.15) is 18.5 Å². The van der Waals surface area contributed by atoms with Gasteiger partial charge in [0.1, 0.15) is 11.7 Å². The number of carbonyl (C=O) groups excluding carboxylic acids is 1. The van der Waals surface area contributed by atoms with Crippen molar-refractivity contribution >= 4 is 17.5 Å². The summed E-state index contributed by atoms with van der Waals surface area (Å²) < 4.78 is 14.3. The number of halogens is 2. The summed E-state index contributed by atoms with van der Waals surface area (Å²) in [6.07, 6.45) is 3.62. The van der Waals surface area contributed by atoms with Crippen molar-refractivity contribution in [2.45, 2.75) is 19.5 Å². The van der Waals surface area contributed by atoms with E-state index in [-0.39, 0.29) is 11.7 Å². The topological polar surface area (TPSA) is 85.6 Å². The Hall–Kier alpha value is -2.87. The van der Waals surface area contributed by atoms with E-state index in [4.69, 9.17) is 11.6 Å². The number of nitrogens with one attached hydrogen (secondary N) is 1. The van der Waals surface area contributed by atoms with E-state index in [2.05, 4.69) is 25.6 Å². The summed E-state index contributed by atoms with van der Waals surface area (Å²) in [4.78, 5) is 20.0. The highest BCUT2D eigenvalue weighted by molar-refractivity contribution is 6.31. The minimum absolute atomic E-state index is 0.233. The second-order valence-electron chi connectivity index (χ2n) is 5.29. The van der Waals surface area contributed by atoms with Crippen LogP contribution in [0.25, 0.3) is 11.5 Å². The fourth-order valence-corrected chi connectivity index (χ4v) is 2.31. The molecule has 7 nitrogen and oxygen atoms in total. The Balaban J connectivity index is 1.66. The van der Waals surface area contributed by atoms with E-state index in [0.717, 1.165) is 18.0 Å². The smallest absolute Gasteiger partial charge is 0.244 e. The van der Waals surface area contributed by atoms with E-state index in [9.17, 15) is 9.18 Å². The maximum Gasteiger partial charge on any atom is 0.244 e. The summed E-state index contributed by atoms with van der Waals surface area (Å²) in [5, 5.41) is 11.2. The van der Waals surface area contributed by atoms with Crippen LogP contribution in [0.2, 0.25) is 5.02 Å². The maximum atomic E-state index is 12.9. The molecule has 2 heterocycles. The molecule has 0 radical (unpaired) electrons. The zero-order chi connectivity index (χ0) is 17.8. The largest absolute Gasteiger partial charge is 0.350 e. The van der Waals surface area contributed by atoms with Gasteiger partial charge in [0.05, 0.1) is 18.6 Å². The fraction of sp³-hybridized carbons (Fsp3) is 0.188. The molecular weight excluding hydrogens is 347 g/mol. The molecule has 0 bridgehead atoms. The molecule has 1 aromatic carbocycles. The molecule has 0 aliphatic rings. The van der Waals surface area contributed by atoms with Crippen LogP contribution in [0.15, 0.2) is 42.9 Å². The van der Waals surface area contributed by atoms with Crippen molar-refractivity contribution in [1.29, 1.82) is 0 Å². The summed E-state index contributed by atoms with van der Waals surface area (Å²) in [7, 11) is 0. The number of hydrogen-bond acceptors (Lipinski definition) is 5. The van der Waals surface area contributed by atoms with Gasteiger partial charge in [-0.1, -0.05) is 35.0 Å². The standard InChI is InChI=1S/C16H14ClFN6O/c1-10(16(25)21-6-11-4-2-3-5-13(11)17)24-9-14(22-23-24)15-19-7-12(18)8-20-15/h2-5,7-10H,6H2,1H3,(H,21,25). The lowest BCUT2D eigenvalue weighted by molar-refractivity contribution is -0.124. The fourth-order valence-electron chi connectivity index (χ4n) is 2.10. The molecule has 2 aromatic heterocycles. The Morgan fingerprint density at radius 2 is 2.04 bits per heavy atom. The number of nitrogens with zero attached hydrogens (tertiary/aromatic N) is 5. The molecule has 9 heteroatoms. The van der Waals surface area contributed by atoms with Crippen LogP contribution in [0.5, 0.6) is 0 Å². The third-order valence-electron chi connectivity index (χ3n) is 3.55. The van der Waals surface area contributed by atoms with E-state index in [1.165, 1.54) is 10.9 Å². The first-order valence-corrected chi connectivity index (χ1v) is 7.83.